The molecular weight excluding hydrogens is 222 g/mol. The normalized spacial score (nSPS) is 38.9. The molecule has 0 aromatic rings. The topological polar surface area (TPSA) is 49.3 Å². The minimum absolute atomic E-state index is 0.0983. The van der Waals surface area contributed by atoms with E-state index in [0.717, 1.165) is 37.9 Å². The number of hydrogen-bond donors (Lipinski definition) is 2. The summed E-state index contributed by atoms with van der Waals surface area (Å²) in [6.07, 6.45) is 5.32. The van der Waals surface area contributed by atoms with Crippen molar-refractivity contribution in [3.8, 4) is 0 Å². The summed E-state index contributed by atoms with van der Waals surface area (Å²) in [5.41, 5.74) is -0.0983. The molecule has 1 aliphatic heterocycles. The Morgan fingerprint density at radius 3 is 2.94 bits per heavy atom. The van der Waals surface area contributed by atoms with E-state index in [4.69, 9.17) is 0 Å². The van der Waals surface area contributed by atoms with Crippen LogP contribution in [0, 0.1) is 5.41 Å². The molecular formula is C12H21NO2S. The van der Waals surface area contributed by atoms with Crippen molar-refractivity contribution in [1.29, 1.82) is 0 Å². The highest BCUT2D eigenvalue weighted by Gasteiger charge is 2.40. The lowest BCUT2D eigenvalue weighted by Gasteiger charge is -2.30. The molecule has 2 fully saturated rings. The van der Waals surface area contributed by atoms with Crippen LogP contribution in [-0.4, -0.2) is 34.7 Å². The number of carbonyl (C=O) groups excluding carboxylic acids is 1. The molecule has 1 amide bonds. The van der Waals surface area contributed by atoms with Gasteiger partial charge in [-0.1, -0.05) is 13.3 Å². The van der Waals surface area contributed by atoms with E-state index in [1.807, 2.05) is 0 Å². The molecule has 3 nitrogen and oxygen atoms in total. The van der Waals surface area contributed by atoms with Crippen LogP contribution in [0.4, 0.5) is 0 Å². The highest BCUT2D eigenvalue weighted by atomic mass is 32.2. The first-order chi connectivity index (χ1) is 7.65. The van der Waals surface area contributed by atoms with Gasteiger partial charge in [-0.15, -0.1) is 11.8 Å². The third-order valence-corrected chi connectivity index (χ3v) is 5.36. The molecule has 1 saturated carbocycles. The molecule has 0 aromatic carbocycles. The zero-order chi connectivity index (χ0) is 11.6. The Bertz CT molecular complexity index is 266. The van der Waals surface area contributed by atoms with Gasteiger partial charge in [0.25, 0.3) is 0 Å². The third-order valence-electron chi connectivity index (χ3n) is 3.98. The van der Waals surface area contributed by atoms with Crippen LogP contribution < -0.4 is 5.32 Å². The first-order valence-electron chi connectivity index (χ1n) is 6.18. The minimum Gasteiger partial charge on any atom is -0.396 e. The van der Waals surface area contributed by atoms with Crippen LogP contribution in [0.2, 0.25) is 0 Å². The van der Waals surface area contributed by atoms with Gasteiger partial charge in [0.05, 0.1) is 11.9 Å². The van der Waals surface area contributed by atoms with Gasteiger partial charge in [0.15, 0.2) is 0 Å². The first kappa shape index (κ1) is 12.2. The van der Waals surface area contributed by atoms with Crippen molar-refractivity contribution in [3.05, 3.63) is 0 Å². The number of thioether (sulfide) groups is 1. The molecule has 2 rings (SSSR count). The fraction of sp³-hybridized carbons (Fsp3) is 0.917. The number of hydrogen-bond acceptors (Lipinski definition) is 3. The monoisotopic (exact) mass is 243 g/mol. The van der Waals surface area contributed by atoms with Crippen molar-refractivity contribution >= 4 is 17.7 Å². The molecule has 1 saturated heterocycles. The van der Waals surface area contributed by atoms with Crippen LogP contribution in [0.5, 0.6) is 0 Å². The van der Waals surface area contributed by atoms with E-state index in [2.05, 4.69) is 12.2 Å². The number of aliphatic hydroxyl groups is 1. The van der Waals surface area contributed by atoms with E-state index >= 15 is 0 Å². The van der Waals surface area contributed by atoms with Crippen LogP contribution in [0.25, 0.3) is 0 Å². The summed E-state index contributed by atoms with van der Waals surface area (Å²) in [5.74, 6) is 1.30. The largest absolute Gasteiger partial charge is 0.396 e. The highest BCUT2D eigenvalue weighted by Crippen LogP contribution is 2.38. The predicted octanol–water partition coefficient (Wildman–Crippen LogP) is 1.55. The number of rotatable bonds is 3. The lowest BCUT2D eigenvalue weighted by atomic mass is 9.85. The summed E-state index contributed by atoms with van der Waals surface area (Å²) in [6.45, 7) is 2.25. The van der Waals surface area contributed by atoms with Crippen molar-refractivity contribution in [3.63, 3.8) is 0 Å². The molecule has 2 N–H and O–H groups in total. The van der Waals surface area contributed by atoms with Crippen LogP contribution >= 0.6 is 11.8 Å². The Balaban J connectivity index is 1.91. The number of aliphatic hydroxyl groups excluding tert-OH is 1. The van der Waals surface area contributed by atoms with Gasteiger partial charge in [0.2, 0.25) is 5.91 Å². The van der Waals surface area contributed by atoms with Crippen molar-refractivity contribution in [2.45, 2.75) is 50.3 Å². The zero-order valence-electron chi connectivity index (χ0n) is 9.87. The average Bonchev–Trinajstić information content (AvgIpc) is 2.89. The van der Waals surface area contributed by atoms with Gasteiger partial charge < -0.3 is 10.4 Å². The summed E-state index contributed by atoms with van der Waals surface area (Å²) in [7, 11) is 0. The fourth-order valence-corrected chi connectivity index (χ4v) is 3.89. The molecule has 0 aromatic heterocycles. The Hall–Kier alpha value is -0.220. The van der Waals surface area contributed by atoms with Crippen LogP contribution in [-0.2, 0) is 4.79 Å². The molecule has 3 unspecified atom stereocenters. The zero-order valence-corrected chi connectivity index (χ0v) is 10.7. The van der Waals surface area contributed by atoms with E-state index in [1.165, 1.54) is 0 Å². The highest BCUT2D eigenvalue weighted by molar-refractivity contribution is 8.00. The van der Waals surface area contributed by atoms with Gasteiger partial charge in [-0.2, -0.15) is 0 Å². The molecule has 92 valence electrons. The summed E-state index contributed by atoms with van der Waals surface area (Å²) >= 11 is 1.77. The molecule has 0 radical (unpaired) electrons. The lowest BCUT2D eigenvalue weighted by molar-refractivity contribution is -0.122. The maximum atomic E-state index is 12.0. The van der Waals surface area contributed by atoms with Gasteiger partial charge in [0, 0.05) is 11.5 Å². The maximum Gasteiger partial charge on any atom is 0.233 e. The molecule has 0 bridgehead atoms. The Morgan fingerprint density at radius 2 is 2.31 bits per heavy atom. The quantitative estimate of drug-likeness (QED) is 0.790. The average molecular weight is 243 g/mol. The lowest BCUT2D eigenvalue weighted by Crippen LogP contribution is -2.47. The third kappa shape index (κ3) is 2.38. The predicted molar refractivity (Wildman–Crippen MR) is 66.5 cm³/mol. The molecule has 4 heteroatoms. The van der Waals surface area contributed by atoms with Gasteiger partial charge >= 0.3 is 0 Å². The summed E-state index contributed by atoms with van der Waals surface area (Å²) in [4.78, 5) is 12.0. The van der Waals surface area contributed by atoms with Crippen LogP contribution in [0.3, 0.4) is 0 Å². The van der Waals surface area contributed by atoms with Crippen LogP contribution in [0.15, 0.2) is 0 Å². The van der Waals surface area contributed by atoms with Gasteiger partial charge in [-0.25, -0.2) is 0 Å². The summed E-state index contributed by atoms with van der Waals surface area (Å²) in [5, 5.41) is 12.7. The molecule has 1 heterocycles. The minimum atomic E-state index is -0.0983. The molecule has 0 spiro atoms. The van der Waals surface area contributed by atoms with E-state index in [9.17, 15) is 9.90 Å². The van der Waals surface area contributed by atoms with Crippen LogP contribution in [0.1, 0.15) is 39.0 Å². The maximum absolute atomic E-state index is 12.0. The van der Waals surface area contributed by atoms with Crippen molar-refractivity contribution in [2.24, 2.45) is 5.41 Å². The molecule has 1 aliphatic carbocycles. The smallest absolute Gasteiger partial charge is 0.233 e. The molecule has 3 atom stereocenters. The number of carbonyl (C=O) groups is 1. The van der Waals surface area contributed by atoms with Crippen molar-refractivity contribution < 1.29 is 9.90 Å². The van der Waals surface area contributed by atoms with Crippen molar-refractivity contribution in [2.75, 3.05) is 12.4 Å². The molecule has 2 aliphatic rings. The Labute approximate surface area is 101 Å². The summed E-state index contributed by atoms with van der Waals surface area (Å²) < 4.78 is 0. The number of amides is 1. The standard InChI is InChI=1S/C12H21NO2S/c1-12(8-14)6-2-5-10(12)13-11(15)9-4-3-7-16-9/h9-10,14H,2-8H2,1H3,(H,13,15). The second-order valence-corrected chi connectivity index (χ2v) is 6.58. The Kier molecular flexibility index (Phi) is 3.80. The van der Waals surface area contributed by atoms with E-state index < -0.39 is 0 Å². The van der Waals surface area contributed by atoms with E-state index in [1.54, 1.807) is 11.8 Å². The Morgan fingerprint density at radius 1 is 1.50 bits per heavy atom. The second kappa shape index (κ2) is 4.96. The SMILES string of the molecule is CC1(CO)CCCC1NC(=O)C1CCCS1. The second-order valence-electron chi connectivity index (χ2n) is 5.27. The van der Waals surface area contributed by atoms with Gasteiger partial charge in [-0.3, -0.25) is 4.79 Å². The van der Waals surface area contributed by atoms with Gasteiger partial charge in [-0.05, 0) is 31.4 Å². The van der Waals surface area contributed by atoms with E-state index in [0.29, 0.717) is 0 Å². The van der Waals surface area contributed by atoms with Gasteiger partial charge in [0.1, 0.15) is 0 Å². The summed E-state index contributed by atoms with van der Waals surface area (Å²) in [6, 6.07) is 0.172. The van der Waals surface area contributed by atoms with E-state index in [-0.39, 0.29) is 29.2 Å². The fourth-order valence-electron chi connectivity index (χ4n) is 2.72. The molecule has 16 heavy (non-hydrogen) atoms. The van der Waals surface area contributed by atoms with Crippen molar-refractivity contribution in [1.82, 2.24) is 5.32 Å². The first-order valence-corrected chi connectivity index (χ1v) is 7.23. The number of nitrogens with one attached hydrogen (secondary N) is 1.